The van der Waals surface area contributed by atoms with Crippen LogP contribution in [0.4, 0.5) is 0 Å². The fourth-order valence-electron chi connectivity index (χ4n) is 0.677. The molecule has 0 aliphatic carbocycles. The summed E-state index contributed by atoms with van der Waals surface area (Å²) in [6, 6.07) is 0. The minimum atomic E-state index is -2.91. The van der Waals surface area contributed by atoms with E-state index in [0.29, 0.717) is 12.8 Å². The summed E-state index contributed by atoms with van der Waals surface area (Å²) in [5.74, 6) is 0.262. The maximum absolute atomic E-state index is 11.0. The maximum Gasteiger partial charge on any atom is 0.161 e. The fourth-order valence-corrected chi connectivity index (χ4v) is 1.42. The normalized spacial score (nSPS) is 12.6. The number of rotatable bonds is 8. The Hall–Kier alpha value is -1.08. The van der Waals surface area contributed by atoms with Crippen LogP contribution in [-0.2, 0) is 14.6 Å². The van der Waals surface area contributed by atoms with Gasteiger partial charge < -0.3 is 0 Å². The van der Waals surface area contributed by atoms with Gasteiger partial charge in [-0.05, 0) is 0 Å². The number of hydrogen-bond acceptors (Lipinski definition) is 5. The van der Waals surface area contributed by atoms with Crippen molar-refractivity contribution in [2.75, 3.05) is 24.7 Å². The standard InChI is InChI=1S/C8H15N3O3S/c1-2-15(13,14)6-4-10-8-11-7-9-3-5-12/h3,5,7,10H,2,4,6,8H2,1H3/b9-3+,11-7-. The lowest BCUT2D eigenvalue weighted by atomic mass is 10.7. The minimum Gasteiger partial charge on any atom is -0.297 e. The lowest BCUT2D eigenvalue weighted by Gasteiger charge is -2.00. The van der Waals surface area contributed by atoms with E-state index in [1.54, 1.807) is 6.92 Å². The number of carbonyl (C=O) groups excluding carboxylic acids is 1. The summed E-state index contributed by atoms with van der Waals surface area (Å²) in [7, 11) is -2.91. The van der Waals surface area contributed by atoms with E-state index in [9.17, 15) is 13.2 Å². The van der Waals surface area contributed by atoms with E-state index in [1.165, 1.54) is 6.34 Å². The van der Waals surface area contributed by atoms with Crippen LogP contribution in [0.25, 0.3) is 0 Å². The first-order valence-corrected chi connectivity index (χ1v) is 6.31. The van der Waals surface area contributed by atoms with Crippen LogP contribution < -0.4 is 5.32 Å². The summed E-state index contributed by atoms with van der Waals surface area (Å²) in [5.41, 5.74) is 0. The topological polar surface area (TPSA) is 88.0 Å². The number of aliphatic imine (C=N–C) groups is 2. The highest BCUT2D eigenvalue weighted by Gasteiger charge is 2.04. The number of hydrogen-bond donors (Lipinski definition) is 1. The van der Waals surface area contributed by atoms with Crippen molar-refractivity contribution in [2.24, 2.45) is 9.98 Å². The highest BCUT2D eigenvalue weighted by molar-refractivity contribution is 7.91. The van der Waals surface area contributed by atoms with Crippen molar-refractivity contribution in [3.63, 3.8) is 0 Å². The molecule has 0 atom stereocenters. The summed E-state index contributed by atoms with van der Waals surface area (Å²) in [6.45, 7) is 2.27. The van der Waals surface area contributed by atoms with Crippen LogP contribution in [0.15, 0.2) is 9.98 Å². The van der Waals surface area contributed by atoms with Gasteiger partial charge in [-0.25, -0.2) is 13.4 Å². The summed E-state index contributed by atoms with van der Waals surface area (Å²) in [5, 5.41) is 2.81. The molecule has 7 heteroatoms. The van der Waals surface area contributed by atoms with Crippen LogP contribution in [-0.4, -0.2) is 52.0 Å². The Bertz CT molecular complexity index is 322. The molecule has 0 saturated carbocycles. The zero-order chi connectivity index (χ0) is 11.6. The second-order valence-corrected chi connectivity index (χ2v) is 5.10. The van der Waals surface area contributed by atoms with Gasteiger partial charge in [0.25, 0.3) is 0 Å². The monoisotopic (exact) mass is 233 g/mol. The highest BCUT2D eigenvalue weighted by Crippen LogP contribution is 1.86. The molecule has 0 aromatic rings. The molecule has 0 amide bonds. The van der Waals surface area contributed by atoms with Gasteiger partial charge in [0, 0.05) is 12.3 Å². The molecule has 0 rings (SSSR count). The Morgan fingerprint density at radius 3 is 2.73 bits per heavy atom. The summed E-state index contributed by atoms with van der Waals surface area (Å²) in [6.07, 6.45) is 2.86. The molecule has 0 bridgehead atoms. The van der Waals surface area contributed by atoms with Gasteiger partial charge in [-0.1, -0.05) is 6.92 Å². The number of aldehydes is 1. The molecule has 0 aliphatic heterocycles. The van der Waals surface area contributed by atoms with Crippen molar-refractivity contribution in [2.45, 2.75) is 6.92 Å². The van der Waals surface area contributed by atoms with Gasteiger partial charge in [-0.15, -0.1) is 0 Å². The first-order valence-electron chi connectivity index (χ1n) is 4.48. The van der Waals surface area contributed by atoms with Gasteiger partial charge in [0.1, 0.15) is 6.34 Å². The van der Waals surface area contributed by atoms with Gasteiger partial charge >= 0.3 is 0 Å². The average molecular weight is 233 g/mol. The summed E-state index contributed by atoms with van der Waals surface area (Å²) >= 11 is 0. The van der Waals surface area contributed by atoms with E-state index in [0.717, 1.165) is 6.21 Å². The van der Waals surface area contributed by atoms with Gasteiger partial charge in [0.05, 0.1) is 18.6 Å². The van der Waals surface area contributed by atoms with Gasteiger partial charge in [0.2, 0.25) is 0 Å². The molecule has 0 heterocycles. The zero-order valence-corrected chi connectivity index (χ0v) is 9.40. The number of nitrogens with zero attached hydrogens (tertiary/aromatic N) is 2. The average Bonchev–Trinajstić information content (AvgIpc) is 2.22. The highest BCUT2D eigenvalue weighted by atomic mass is 32.2. The SMILES string of the molecule is CCS(=O)(=O)CCNC/N=C\N=C\C=O. The van der Waals surface area contributed by atoms with Crippen molar-refractivity contribution < 1.29 is 13.2 Å². The second kappa shape index (κ2) is 8.25. The predicted octanol–water partition coefficient (Wildman–Crippen LogP) is -0.734. The zero-order valence-electron chi connectivity index (χ0n) is 8.59. The predicted molar refractivity (Wildman–Crippen MR) is 60.2 cm³/mol. The van der Waals surface area contributed by atoms with Gasteiger partial charge in [-0.2, -0.15) is 0 Å². The first kappa shape index (κ1) is 13.9. The van der Waals surface area contributed by atoms with Crippen molar-refractivity contribution in [3.8, 4) is 0 Å². The fraction of sp³-hybridized carbons (Fsp3) is 0.625. The Labute approximate surface area is 89.4 Å². The molecule has 0 unspecified atom stereocenters. The quantitative estimate of drug-likeness (QED) is 0.259. The van der Waals surface area contributed by atoms with E-state index in [-0.39, 0.29) is 18.2 Å². The van der Waals surface area contributed by atoms with Crippen LogP contribution in [0.3, 0.4) is 0 Å². The Balaban J connectivity index is 3.52. The molecule has 0 saturated heterocycles. The molecule has 6 nitrogen and oxygen atoms in total. The lowest BCUT2D eigenvalue weighted by molar-refractivity contribution is -0.102. The smallest absolute Gasteiger partial charge is 0.161 e. The van der Waals surface area contributed by atoms with Crippen molar-refractivity contribution >= 4 is 28.7 Å². The van der Waals surface area contributed by atoms with Crippen molar-refractivity contribution in [1.29, 1.82) is 0 Å². The lowest BCUT2D eigenvalue weighted by Crippen LogP contribution is -2.23. The van der Waals surface area contributed by atoms with E-state index < -0.39 is 9.84 Å². The van der Waals surface area contributed by atoms with Crippen LogP contribution >= 0.6 is 0 Å². The van der Waals surface area contributed by atoms with E-state index >= 15 is 0 Å². The Morgan fingerprint density at radius 2 is 2.13 bits per heavy atom. The largest absolute Gasteiger partial charge is 0.297 e. The molecule has 0 radical (unpaired) electrons. The third-order valence-corrected chi connectivity index (χ3v) is 3.23. The van der Waals surface area contributed by atoms with Crippen LogP contribution in [0, 0.1) is 0 Å². The van der Waals surface area contributed by atoms with Crippen molar-refractivity contribution in [1.82, 2.24) is 5.32 Å². The molecule has 0 spiro atoms. The Kier molecular flexibility index (Phi) is 7.65. The molecule has 86 valence electrons. The van der Waals surface area contributed by atoms with Crippen LogP contribution in [0.2, 0.25) is 0 Å². The van der Waals surface area contributed by atoms with Crippen molar-refractivity contribution in [3.05, 3.63) is 0 Å². The molecule has 0 aromatic carbocycles. The molecule has 0 aromatic heterocycles. The number of carbonyl (C=O) groups is 1. The molecule has 15 heavy (non-hydrogen) atoms. The number of sulfone groups is 1. The third kappa shape index (κ3) is 9.23. The van der Waals surface area contributed by atoms with E-state index in [1.807, 2.05) is 0 Å². The molecular weight excluding hydrogens is 218 g/mol. The maximum atomic E-state index is 11.0. The summed E-state index contributed by atoms with van der Waals surface area (Å²) in [4.78, 5) is 17.1. The van der Waals surface area contributed by atoms with E-state index in [2.05, 4.69) is 15.3 Å². The molecule has 0 fully saturated rings. The first-order chi connectivity index (χ1) is 7.12. The molecule has 1 N–H and O–H groups in total. The van der Waals surface area contributed by atoms with Crippen LogP contribution in [0.5, 0.6) is 0 Å². The minimum absolute atomic E-state index is 0.108. The van der Waals surface area contributed by atoms with Gasteiger partial charge in [0.15, 0.2) is 16.1 Å². The van der Waals surface area contributed by atoms with Gasteiger partial charge in [-0.3, -0.25) is 15.1 Å². The van der Waals surface area contributed by atoms with Crippen LogP contribution in [0.1, 0.15) is 6.92 Å². The van der Waals surface area contributed by atoms with E-state index in [4.69, 9.17) is 0 Å². The second-order valence-electron chi connectivity index (χ2n) is 2.63. The summed E-state index contributed by atoms with van der Waals surface area (Å²) < 4.78 is 22.1. The Morgan fingerprint density at radius 1 is 1.40 bits per heavy atom. The molecular formula is C8H15N3O3S. The third-order valence-electron chi connectivity index (χ3n) is 1.53. The number of nitrogens with one attached hydrogen (secondary N) is 1. The molecule has 0 aliphatic rings.